The Hall–Kier alpha value is -0.830. The maximum Gasteiger partial charge on any atom is 0.232 e. The fraction of sp³-hybridized carbons (Fsp3) is 0.562. The Bertz CT molecular complexity index is 444. The van der Waals surface area contributed by atoms with Gasteiger partial charge in [0.25, 0.3) is 0 Å². The lowest BCUT2D eigenvalue weighted by Gasteiger charge is -2.08. The van der Waals surface area contributed by atoms with Gasteiger partial charge in [-0.2, -0.15) is 0 Å². The van der Waals surface area contributed by atoms with Crippen molar-refractivity contribution in [2.45, 2.75) is 57.8 Å². The lowest BCUT2D eigenvalue weighted by Crippen LogP contribution is -2.11. The molecule has 0 bridgehead atoms. The van der Waals surface area contributed by atoms with Crippen molar-refractivity contribution in [3.05, 3.63) is 28.2 Å². The van der Waals surface area contributed by atoms with E-state index in [0.29, 0.717) is 0 Å². The Morgan fingerprint density at radius 2 is 1.89 bits per heavy atom. The van der Waals surface area contributed by atoms with E-state index in [4.69, 9.17) is 0 Å². The number of carbonyl (C=O) groups excluding carboxylic acids is 1. The molecule has 1 aromatic carbocycles. The second-order valence-electron chi connectivity index (χ2n) is 5.30. The highest BCUT2D eigenvalue weighted by Gasteiger charge is 2.30. The van der Waals surface area contributed by atoms with Crippen LogP contribution < -0.4 is 5.32 Å². The Morgan fingerprint density at radius 3 is 2.68 bits per heavy atom. The van der Waals surface area contributed by atoms with E-state index in [1.54, 1.807) is 0 Å². The van der Waals surface area contributed by atoms with Crippen LogP contribution in [0.2, 0.25) is 0 Å². The molecule has 1 aliphatic heterocycles. The number of halogens is 1. The number of amides is 1. The zero-order chi connectivity index (χ0) is 13.7. The second kappa shape index (κ2) is 7.09. The summed E-state index contributed by atoms with van der Waals surface area (Å²) in [7, 11) is 0. The van der Waals surface area contributed by atoms with Crippen molar-refractivity contribution in [3.63, 3.8) is 0 Å². The van der Waals surface area contributed by atoms with Gasteiger partial charge >= 0.3 is 0 Å². The van der Waals surface area contributed by atoms with Crippen LogP contribution in [0, 0.1) is 0 Å². The highest BCUT2D eigenvalue weighted by atomic mass is 79.9. The van der Waals surface area contributed by atoms with Crippen LogP contribution in [0.5, 0.6) is 0 Å². The molecule has 1 aromatic rings. The number of anilines is 1. The van der Waals surface area contributed by atoms with Crippen molar-refractivity contribution in [2.24, 2.45) is 0 Å². The van der Waals surface area contributed by atoms with Gasteiger partial charge in [0.1, 0.15) is 0 Å². The number of benzene rings is 1. The van der Waals surface area contributed by atoms with Crippen LogP contribution >= 0.6 is 15.9 Å². The van der Waals surface area contributed by atoms with Crippen LogP contribution in [0.4, 0.5) is 5.69 Å². The van der Waals surface area contributed by atoms with Crippen LogP contribution in [-0.2, 0) is 4.79 Å². The smallest absolute Gasteiger partial charge is 0.232 e. The monoisotopic (exact) mass is 323 g/mol. The summed E-state index contributed by atoms with van der Waals surface area (Å²) >= 11 is 3.50. The lowest BCUT2D eigenvalue weighted by atomic mass is 9.94. The van der Waals surface area contributed by atoms with Crippen molar-refractivity contribution in [1.29, 1.82) is 0 Å². The summed E-state index contributed by atoms with van der Waals surface area (Å²) in [6.45, 7) is 2.23. The molecular formula is C16H22BrNO. The quantitative estimate of drug-likeness (QED) is 0.683. The lowest BCUT2D eigenvalue weighted by molar-refractivity contribution is -0.117. The van der Waals surface area contributed by atoms with Gasteiger partial charge in [0.15, 0.2) is 0 Å². The Balaban J connectivity index is 1.85. The normalized spacial score (nSPS) is 17.4. The topological polar surface area (TPSA) is 29.1 Å². The molecule has 0 saturated heterocycles. The summed E-state index contributed by atoms with van der Waals surface area (Å²) in [6, 6.07) is 6.06. The first-order chi connectivity index (χ1) is 9.24. The van der Waals surface area contributed by atoms with Crippen LogP contribution in [-0.4, -0.2) is 5.91 Å². The predicted octanol–water partition coefficient (Wildman–Crippen LogP) is 5.24. The first-order valence-electron chi connectivity index (χ1n) is 7.33. The van der Waals surface area contributed by atoms with E-state index in [2.05, 4.69) is 34.2 Å². The average molecular weight is 324 g/mol. The highest BCUT2D eigenvalue weighted by Crippen LogP contribution is 2.40. The van der Waals surface area contributed by atoms with E-state index in [1.165, 1.54) is 32.1 Å². The maximum atomic E-state index is 12.0. The standard InChI is InChI=1S/C16H22BrNO/c1-2-3-4-5-6-7-9-13-12-10-8-11-14(17)15(12)18-16(13)19/h8,10-11,13H,2-7,9H2,1H3,(H,18,19). The molecule has 0 aromatic heterocycles. The molecule has 3 heteroatoms. The zero-order valence-corrected chi connectivity index (χ0v) is 13.1. The maximum absolute atomic E-state index is 12.0. The van der Waals surface area contributed by atoms with E-state index < -0.39 is 0 Å². The minimum atomic E-state index is 0.0543. The van der Waals surface area contributed by atoms with Gasteiger partial charge in [0.05, 0.1) is 11.6 Å². The fourth-order valence-electron chi connectivity index (χ4n) is 2.73. The van der Waals surface area contributed by atoms with Crippen molar-refractivity contribution in [1.82, 2.24) is 0 Å². The highest BCUT2D eigenvalue weighted by molar-refractivity contribution is 9.10. The molecule has 1 atom stereocenters. The molecule has 104 valence electrons. The molecule has 2 nitrogen and oxygen atoms in total. The first-order valence-corrected chi connectivity index (χ1v) is 8.12. The number of rotatable bonds is 7. The van der Waals surface area contributed by atoms with E-state index in [1.807, 2.05) is 12.1 Å². The zero-order valence-electron chi connectivity index (χ0n) is 11.5. The Labute approximate surface area is 124 Å². The predicted molar refractivity (Wildman–Crippen MR) is 83.5 cm³/mol. The number of fused-ring (bicyclic) bond motifs is 1. The summed E-state index contributed by atoms with van der Waals surface area (Å²) in [5.74, 6) is 0.217. The summed E-state index contributed by atoms with van der Waals surface area (Å²) < 4.78 is 0.990. The van der Waals surface area contributed by atoms with Gasteiger partial charge in [0, 0.05) is 4.47 Å². The SMILES string of the molecule is CCCCCCCCC1C(=O)Nc2c(Br)cccc21. The van der Waals surface area contributed by atoms with Crippen LogP contribution in [0.25, 0.3) is 0 Å². The Kier molecular flexibility index (Phi) is 5.44. The molecule has 1 amide bonds. The van der Waals surface area contributed by atoms with Gasteiger partial charge in [-0.15, -0.1) is 0 Å². The largest absolute Gasteiger partial charge is 0.324 e. The molecule has 1 heterocycles. The molecule has 0 saturated carbocycles. The number of nitrogens with one attached hydrogen (secondary N) is 1. The molecule has 0 fully saturated rings. The van der Waals surface area contributed by atoms with Crippen LogP contribution in [0.15, 0.2) is 22.7 Å². The van der Waals surface area contributed by atoms with Gasteiger partial charge in [-0.25, -0.2) is 0 Å². The number of para-hydroxylation sites is 1. The molecule has 1 unspecified atom stereocenters. The van der Waals surface area contributed by atoms with E-state index in [0.717, 1.165) is 28.6 Å². The van der Waals surface area contributed by atoms with E-state index in [-0.39, 0.29) is 11.8 Å². The Morgan fingerprint density at radius 1 is 1.16 bits per heavy atom. The first kappa shape index (κ1) is 14.6. The third-order valence-corrected chi connectivity index (χ3v) is 4.49. The summed E-state index contributed by atoms with van der Waals surface area (Å²) in [6.07, 6.45) is 8.61. The van der Waals surface area contributed by atoms with Gasteiger partial charge in [-0.1, -0.05) is 57.6 Å². The molecule has 0 radical (unpaired) electrons. The molecule has 2 rings (SSSR count). The molecule has 19 heavy (non-hydrogen) atoms. The van der Waals surface area contributed by atoms with E-state index in [9.17, 15) is 4.79 Å². The van der Waals surface area contributed by atoms with Crippen molar-refractivity contribution in [2.75, 3.05) is 5.32 Å². The second-order valence-corrected chi connectivity index (χ2v) is 6.16. The minimum Gasteiger partial charge on any atom is -0.324 e. The third-order valence-electron chi connectivity index (χ3n) is 3.83. The summed E-state index contributed by atoms with van der Waals surface area (Å²) in [5, 5.41) is 2.99. The number of hydrogen-bond acceptors (Lipinski definition) is 1. The van der Waals surface area contributed by atoms with Gasteiger partial charge < -0.3 is 5.32 Å². The third kappa shape index (κ3) is 3.59. The van der Waals surface area contributed by atoms with Crippen molar-refractivity contribution in [3.8, 4) is 0 Å². The number of hydrogen-bond donors (Lipinski definition) is 1. The van der Waals surface area contributed by atoms with Crippen molar-refractivity contribution >= 4 is 27.5 Å². The van der Waals surface area contributed by atoms with Gasteiger partial charge in [-0.3, -0.25) is 4.79 Å². The molecular weight excluding hydrogens is 302 g/mol. The molecule has 1 N–H and O–H groups in total. The number of unbranched alkanes of at least 4 members (excludes halogenated alkanes) is 5. The number of carbonyl (C=O) groups is 1. The summed E-state index contributed by atoms with van der Waals surface area (Å²) in [5.41, 5.74) is 2.14. The van der Waals surface area contributed by atoms with Crippen LogP contribution in [0.1, 0.15) is 63.4 Å². The molecule has 1 aliphatic rings. The summed E-state index contributed by atoms with van der Waals surface area (Å²) in [4.78, 5) is 12.0. The fourth-order valence-corrected chi connectivity index (χ4v) is 3.21. The van der Waals surface area contributed by atoms with Crippen molar-refractivity contribution < 1.29 is 4.79 Å². The molecule has 0 aliphatic carbocycles. The van der Waals surface area contributed by atoms with E-state index >= 15 is 0 Å². The minimum absolute atomic E-state index is 0.0543. The van der Waals surface area contributed by atoms with Crippen LogP contribution in [0.3, 0.4) is 0 Å². The van der Waals surface area contributed by atoms with Gasteiger partial charge in [0.2, 0.25) is 5.91 Å². The van der Waals surface area contributed by atoms with Gasteiger partial charge in [-0.05, 0) is 34.0 Å². The molecule has 0 spiro atoms. The average Bonchev–Trinajstić information content (AvgIpc) is 2.72.